The highest BCUT2D eigenvalue weighted by molar-refractivity contribution is 6.04. The van der Waals surface area contributed by atoms with Crippen LogP contribution >= 0.6 is 0 Å². The number of aromatic nitrogens is 1. The minimum Gasteiger partial charge on any atom is -0.397 e. The molecule has 29 heavy (non-hydrogen) atoms. The summed E-state index contributed by atoms with van der Waals surface area (Å²) >= 11 is 0. The number of nitrogens with one attached hydrogen (secondary N) is 2. The number of hydrogen-bond acceptors (Lipinski definition) is 4. The highest BCUT2D eigenvalue weighted by Crippen LogP contribution is 2.30. The lowest BCUT2D eigenvalue weighted by atomic mass is 10.0. The van der Waals surface area contributed by atoms with E-state index in [1.807, 2.05) is 6.92 Å². The third-order valence-corrected chi connectivity index (χ3v) is 4.35. The zero-order chi connectivity index (χ0) is 21.2. The second-order valence-corrected chi connectivity index (χ2v) is 6.41. The third-order valence-electron chi connectivity index (χ3n) is 4.35. The summed E-state index contributed by atoms with van der Waals surface area (Å²) < 4.78 is 38.6. The van der Waals surface area contributed by atoms with Crippen LogP contribution in [0, 0.1) is 12.3 Å². The van der Waals surface area contributed by atoms with Crippen LogP contribution < -0.4 is 11.1 Å². The average molecular weight is 398 g/mol. The van der Waals surface area contributed by atoms with Crippen molar-refractivity contribution in [2.75, 3.05) is 11.1 Å². The number of amides is 1. The fraction of sp³-hybridized carbons (Fsp3) is 0.0952. The van der Waals surface area contributed by atoms with Gasteiger partial charge in [0.25, 0.3) is 5.91 Å². The van der Waals surface area contributed by atoms with E-state index in [1.165, 1.54) is 18.3 Å². The molecule has 0 saturated carbocycles. The Morgan fingerprint density at radius 1 is 1.17 bits per heavy atom. The summed E-state index contributed by atoms with van der Waals surface area (Å²) in [5.74, 6) is -0.656. The fourth-order valence-corrected chi connectivity index (χ4v) is 2.77. The van der Waals surface area contributed by atoms with E-state index in [0.717, 1.165) is 23.9 Å². The Morgan fingerprint density at radius 2 is 1.93 bits per heavy atom. The molecular formula is C21H17F3N4O. The summed E-state index contributed by atoms with van der Waals surface area (Å²) in [6.07, 6.45) is -1.96. The van der Waals surface area contributed by atoms with E-state index in [4.69, 9.17) is 11.1 Å². The van der Waals surface area contributed by atoms with E-state index in [9.17, 15) is 18.0 Å². The maximum absolute atomic E-state index is 12.9. The normalized spacial score (nSPS) is 11.2. The molecule has 3 rings (SSSR count). The Bertz CT molecular complexity index is 1090. The van der Waals surface area contributed by atoms with Gasteiger partial charge < -0.3 is 16.5 Å². The zero-order valence-electron chi connectivity index (χ0n) is 15.3. The maximum Gasteiger partial charge on any atom is 0.416 e. The number of benzene rings is 2. The number of nitrogen functional groups attached to an aromatic ring is 1. The van der Waals surface area contributed by atoms with E-state index in [-0.39, 0.29) is 5.56 Å². The van der Waals surface area contributed by atoms with Crippen molar-refractivity contribution in [3.05, 3.63) is 77.0 Å². The molecule has 0 aliphatic carbocycles. The van der Waals surface area contributed by atoms with Gasteiger partial charge >= 0.3 is 6.18 Å². The SMILES string of the molecule is Cc1ccc(NC(=O)c2cccc(C(F)(F)F)c2)cc1-c1cc(C=N)c(N)cn1. The monoisotopic (exact) mass is 398 g/mol. The molecule has 0 radical (unpaired) electrons. The molecule has 1 aromatic heterocycles. The Labute approximate surface area is 164 Å². The van der Waals surface area contributed by atoms with Gasteiger partial charge in [-0.15, -0.1) is 0 Å². The molecule has 0 unspecified atom stereocenters. The molecule has 3 aromatic rings. The molecule has 4 N–H and O–H groups in total. The zero-order valence-corrected chi connectivity index (χ0v) is 15.3. The van der Waals surface area contributed by atoms with Crippen LogP contribution in [0.25, 0.3) is 11.3 Å². The van der Waals surface area contributed by atoms with E-state index < -0.39 is 17.6 Å². The van der Waals surface area contributed by atoms with E-state index in [0.29, 0.717) is 28.2 Å². The van der Waals surface area contributed by atoms with Gasteiger partial charge in [0.1, 0.15) is 0 Å². The number of nitrogens with two attached hydrogens (primary N) is 1. The first-order valence-corrected chi connectivity index (χ1v) is 8.54. The van der Waals surface area contributed by atoms with Gasteiger partial charge in [0.15, 0.2) is 0 Å². The van der Waals surface area contributed by atoms with Gasteiger partial charge in [-0.25, -0.2) is 0 Å². The number of hydrogen-bond donors (Lipinski definition) is 3. The molecule has 5 nitrogen and oxygen atoms in total. The van der Waals surface area contributed by atoms with Crippen LogP contribution in [-0.2, 0) is 6.18 Å². The van der Waals surface area contributed by atoms with Crippen molar-refractivity contribution >= 4 is 23.5 Å². The molecule has 0 aliphatic heterocycles. The summed E-state index contributed by atoms with van der Waals surface area (Å²) in [7, 11) is 0. The van der Waals surface area contributed by atoms with Crippen LogP contribution in [-0.4, -0.2) is 17.1 Å². The number of halogens is 3. The predicted octanol–water partition coefficient (Wildman–Crippen LogP) is 4.91. The number of nitrogens with zero attached hydrogens (tertiary/aromatic N) is 1. The van der Waals surface area contributed by atoms with Gasteiger partial charge in [-0.05, 0) is 48.9 Å². The second-order valence-electron chi connectivity index (χ2n) is 6.41. The molecule has 0 atom stereocenters. The standard InChI is InChI=1S/C21H17F3N4O/c1-12-5-6-16(9-17(12)19-8-14(10-25)18(26)11-27-19)28-20(29)13-3-2-4-15(7-13)21(22,23)24/h2-11,25H,26H2,1H3,(H,28,29). The van der Waals surface area contributed by atoms with Gasteiger partial charge in [0, 0.05) is 28.6 Å². The van der Waals surface area contributed by atoms with Gasteiger partial charge in [0.05, 0.1) is 23.1 Å². The first kappa shape index (κ1) is 20.1. The Kier molecular flexibility index (Phi) is 5.36. The van der Waals surface area contributed by atoms with Crippen molar-refractivity contribution in [1.29, 1.82) is 5.41 Å². The van der Waals surface area contributed by atoms with Crippen molar-refractivity contribution in [2.24, 2.45) is 0 Å². The van der Waals surface area contributed by atoms with Crippen LogP contribution in [0.1, 0.15) is 27.0 Å². The molecule has 0 aliphatic rings. The van der Waals surface area contributed by atoms with Crippen LogP contribution in [0.5, 0.6) is 0 Å². The summed E-state index contributed by atoms with van der Waals surface area (Å²) in [4.78, 5) is 16.7. The molecule has 0 bridgehead atoms. The highest BCUT2D eigenvalue weighted by atomic mass is 19.4. The molecule has 148 valence electrons. The quantitative estimate of drug-likeness (QED) is 0.546. The summed E-state index contributed by atoms with van der Waals surface area (Å²) in [5, 5.41) is 10.0. The molecule has 2 aromatic carbocycles. The van der Waals surface area contributed by atoms with Crippen LogP contribution in [0.15, 0.2) is 54.7 Å². The van der Waals surface area contributed by atoms with Gasteiger partial charge in [0.2, 0.25) is 0 Å². The van der Waals surface area contributed by atoms with Gasteiger partial charge in [-0.1, -0.05) is 12.1 Å². The number of alkyl halides is 3. The number of rotatable bonds is 4. The smallest absolute Gasteiger partial charge is 0.397 e. The Morgan fingerprint density at radius 3 is 2.62 bits per heavy atom. The van der Waals surface area contributed by atoms with E-state index in [1.54, 1.807) is 24.3 Å². The molecular weight excluding hydrogens is 381 g/mol. The lowest BCUT2D eigenvalue weighted by Gasteiger charge is -2.12. The van der Waals surface area contributed by atoms with E-state index >= 15 is 0 Å². The maximum atomic E-state index is 12.9. The summed E-state index contributed by atoms with van der Waals surface area (Å²) in [5.41, 5.74) is 8.20. The Balaban J connectivity index is 1.91. The van der Waals surface area contributed by atoms with Crippen LogP contribution in [0.4, 0.5) is 24.5 Å². The van der Waals surface area contributed by atoms with Crippen LogP contribution in [0.3, 0.4) is 0 Å². The minimum absolute atomic E-state index is 0.0985. The predicted molar refractivity (Wildman–Crippen MR) is 106 cm³/mol. The largest absolute Gasteiger partial charge is 0.416 e. The second kappa shape index (κ2) is 7.75. The average Bonchev–Trinajstić information content (AvgIpc) is 2.69. The summed E-state index contributed by atoms with van der Waals surface area (Å²) in [6, 6.07) is 11.0. The molecule has 8 heteroatoms. The molecule has 1 amide bonds. The number of carbonyl (C=O) groups is 1. The van der Waals surface area contributed by atoms with E-state index in [2.05, 4.69) is 10.3 Å². The van der Waals surface area contributed by atoms with Crippen molar-refractivity contribution in [1.82, 2.24) is 4.98 Å². The molecule has 0 fully saturated rings. The molecule has 0 saturated heterocycles. The van der Waals surface area contributed by atoms with Crippen molar-refractivity contribution in [3.63, 3.8) is 0 Å². The van der Waals surface area contributed by atoms with Crippen molar-refractivity contribution in [3.8, 4) is 11.3 Å². The topological polar surface area (TPSA) is 91.9 Å². The number of pyridine rings is 1. The number of carbonyl (C=O) groups excluding carboxylic acids is 1. The number of anilines is 2. The van der Waals surface area contributed by atoms with Gasteiger partial charge in [-0.2, -0.15) is 13.2 Å². The number of aryl methyl sites for hydroxylation is 1. The van der Waals surface area contributed by atoms with Gasteiger partial charge in [-0.3, -0.25) is 9.78 Å². The first-order valence-electron chi connectivity index (χ1n) is 8.54. The molecule has 0 spiro atoms. The lowest BCUT2D eigenvalue weighted by molar-refractivity contribution is -0.137. The fourth-order valence-electron chi connectivity index (χ4n) is 2.77. The highest BCUT2D eigenvalue weighted by Gasteiger charge is 2.30. The summed E-state index contributed by atoms with van der Waals surface area (Å²) in [6.45, 7) is 1.86. The van der Waals surface area contributed by atoms with Crippen molar-refractivity contribution < 1.29 is 18.0 Å². The lowest BCUT2D eigenvalue weighted by Crippen LogP contribution is -2.14. The van der Waals surface area contributed by atoms with Crippen molar-refractivity contribution in [2.45, 2.75) is 13.1 Å². The first-order chi connectivity index (χ1) is 13.7. The third kappa shape index (κ3) is 4.43. The van der Waals surface area contributed by atoms with Crippen LogP contribution in [0.2, 0.25) is 0 Å². The Hall–Kier alpha value is -3.68. The minimum atomic E-state index is -4.53. The molecule has 1 heterocycles.